The van der Waals surface area contributed by atoms with E-state index in [4.69, 9.17) is 22.1 Å². The molecule has 42 heavy (non-hydrogen) atoms. The summed E-state index contributed by atoms with van der Waals surface area (Å²) in [5.74, 6) is 1.67. The molecular formula is C30H37ClN6O4S. The lowest BCUT2D eigenvalue weighted by atomic mass is 9.82. The summed E-state index contributed by atoms with van der Waals surface area (Å²) in [5, 5.41) is 6.07. The largest absolute Gasteiger partial charge is 0.488 e. The molecule has 2 aromatic carbocycles. The van der Waals surface area contributed by atoms with Gasteiger partial charge in [-0.1, -0.05) is 23.7 Å². The van der Waals surface area contributed by atoms with E-state index in [0.29, 0.717) is 24.7 Å². The van der Waals surface area contributed by atoms with Gasteiger partial charge >= 0.3 is 0 Å². The van der Waals surface area contributed by atoms with Crippen LogP contribution in [0.4, 0.5) is 23.1 Å². The summed E-state index contributed by atoms with van der Waals surface area (Å²) in [7, 11) is -3.54. The molecule has 0 spiro atoms. The van der Waals surface area contributed by atoms with Gasteiger partial charge in [0.05, 0.1) is 34.3 Å². The molecule has 0 aliphatic carbocycles. The Morgan fingerprint density at radius 2 is 1.90 bits per heavy atom. The number of likely N-dealkylation sites (tertiary alicyclic amines) is 1. The van der Waals surface area contributed by atoms with Gasteiger partial charge in [-0.25, -0.2) is 13.4 Å². The molecule has 3 aromatic rings. The van der Waals surface area contributed by atoms with Crippen molar-refractivity contribution in [2.75, 3.05) is 30.3 Å². The number of amides is 1. The van der Waals surface area contributed by atoms with Crippen molar-refractivity contribution < 1.29 is 17.9 Å². The molecule has 1 unspecified atom stereocenters. The van der Waals surface area contributed by atoms with Crippen LogP contribution < -0.4 is 21.1 Å². The van der Waals surface area contributed by atoms with Gasteiger partial charge in [0.25, 0.3) is 0 Å². The number of halogens is 1. The van der Waals surface area contributed by atoms with Crippen LogP contribution in [0.15, 0.2) is 41.4 Å². The number of anilines is 4. The third kappa shape index (κ3) is 5.91. The molecule has 2 aliphatic rings. The molecule has 1 fully saturated rings. The zero-order valence-corrected chi connectivity index (χ0v) is 25.8. The SMILES string of the molecule is Cc1cc(Nc2ncc(Cl)c(Nc3ccccc3S(=O)(=O)C(C)C)n2)c2c(c1C1CCN(C(=O)CN)CC1)CC(C)O2. The summed E-state index contributed by atoms with van der Waals surface area (Å²) < 4.78 is 32.2. The number of aryl methyl sites for hydroxylation is 1. The highest BCUT2D eigenvalue weighted by Crippen LogP contribution is 2.46. The van der Waals surface area contributed by atoms with Gasteiger partial charge < -0.3 is 26.0 Å². The number of rotatable bonds is 8. The summed E-state index contributed by atoms with van der Waals surface area (Å²) in [6, 6.07) is 8.74. The predicted octanol–water partition coefficient (Wildman–Crippen LogP) is 5.10. The maximum Gasteiger partial charge on any atom is 0.236 e. The van der Waals surface area contributed by atoms with Gasteiger partial charge in [0.1, 0.15) is 16.9 Å². The predicted molar refractivity (Wildman–Crippen MR) is 165 cm³/mol. The highest BCUT2D eigenvalue weighted by Gasteiger charge is 2.32. The van der Waals surface area contributed by atoms with E-state index >= 15 is 0 Å². The van der Waals surface area contributed by atoms with Gasteiger partial charge in [0, 0.05) is 25.1 Å². The fourth-order valence-electron chi connectivity index (χ4n) is 5.79. The van der Waals surface area contributed by atoms with Crippen LogP contribution in [0.3, 0.4) is 0 Å². The first-order valence-electron chi connectivity index (χ1n) is 14.2. The Hall–Kier alpha value is -3.41. The highest BCUT2D eigenvalue weighted by atomic mass is 35.5. The maximum atomic E-state index is 13.0. The van der Waals surface area contributed by atoms with Crippen molar-refractivity contribution in [2.24, 2.45) is 5.73 Å². The summed E-state index contributed by atoms with van der Waals surface area (Å²) in [4.78, 5) is 23.1. The molecule has 5 rings (SSSR count). The third-order valence-corrected chi connectivity index (χ3v) is 10.4. The van der Waals surface area contributed by atoms with E-state index in [-0.39, 0.29) is 40.2 Å². The van der Waals surface area contributed by atoms with Gasteiger partial charge in [0.15, 0.2) is 15.7 Å². The summed E-state index contributed by atoms with van der Waals surface area (Å²) in [6.07, 6.45) is 4.04. The van der Waals surface area contributed by atoms with Crippen molar-refractivity contribution >= 4 is 50.5 Å². The number of benzene rings is 2. The van der Waals surface area contributed by atoms with Crippen LogP contribution in [0.25, 0.3) is 0 Å². The highest BCUT2D eigenvalue weighted by molar-refractivity contribution is 7.92. The Morgan fingerprint density at radius 1 is 1.19 bits per heavy atom. The zero-order chi connectivity index (χ0) is 30.2. The Balaban J connectivity index is 1.43. The molecule has 1 aromatic heterocycles. The van der Waals surface area contributed by atoms with E-state index in [1.165, 1.54) is 17.3 Å². The van der Waals surface area contributed by atoms with Crippen molar-refractivity contribution in [3.63, 3.8) is 0 Å². The maximum absolute atomic E-state index is 13.0. The minimum absolute atomic E-state index is 0.00578. The molecule has 1 atom stereocenters. The number of carbonyl (C=O) groups excluding carboxylic acids is 1. The second-order valence-electron chi connectivity index (χ2n) is 11.2. The smallest absolute Gasteiger partial charge is 0.236 e. The Labute approximate surface area is 251 Å². The van der Waals surface area contributed by atoms with Gasteiger partial charge in [-0.3, -0.25) is 4.79 Å². The molecule has 0 bridgehead atoms. The number of fused-ring (bicyclic) bond motifs is 1. The van der Waals surface area contributed by atoms with E-state index in [0.717, 1.165) is 36.3 Å². The Kier molecular flexibility index (Phi) is 8.63. The van der Waals surface area contributed by atoms with E-state index in [1.54, 1.807) is 38.1 Å². The van der Waals surface area contributed by atoms with Crippen molar-refractivity contribution in [1.82, 2.24) is 14.9 Å². The van der Waals surface area contributed by atoms with Gasteiger partial charge in [0.2, 0.25) is 11.9 Å². The molecule has 0 radical (unpaired) electrons. The average Bonchev–Trinajstić information content (AvgIpc) is 3.36. The first-order chi connectivity index (χ1) is 20.0. The first kappa shape index (κ1) is 30.1. The third-order valence-electron chi connectivity index (χ3n) is 7.93. The minimum Gasteiger partial charge on any atom is -0.488 e. The summed E-state index contributed by atoms with van der Waals surface area (Å²) >= 11 is 6.44. The number of nitrogens with one attached hydrogen (secondary N) is 2. The second kappa shape index (κ2) is 12.1. The number of sulfone groups is 1. The van der Waals surface area contributed by atoms with Crippen molar-refractivity contribution in [2.45, 2.75) is 69.1 Å². The van der Waals surface area contributed by atoms with Crippen LogP contribution >= 0.6 is 11.6 Å². The minimum atomic E-state index is -3.54. The van der Waals surface area contributed by atoms with Gasteiger partial charge in [-0.2, -0.15) is 4.98 Å². The quantitative estimate of drug-likeness (QED) is 0.317. The standard InChI is InChI=1S/C30H37ClN6O4S/c1-17(2)42(39,40)25-8-6-5-7-23(25)34-29-22(31)16-33-30(36-29)35-24-13-18(3)27(21-14-19(4)41-28(21)24)20-9-11-37(12-10-20)26(38)15-32/h5-8,13,16-17,19-20H,9-12,14-15,32H2,1-4H3,(H2,33,34,35,36). The van der Waals surface area contributed by atoms with E-state index < -0.39 is 15.1 Å². The molecule has 0 saturated carbocycles. The molecule has 12 heteroatoms. The first-order valence-corrected chi connectivity index (χ1v) is 16.1. The number of hydrogen-bond acceptors (Lipinski definition) is 9. The molecule has 3 heterocycles. The van der Waals surface area contributed by atoms with E-state index in [2.05, 4.69) is 40.5 Å². The van der Waals surface area contributed by atoms with Crippen LogP contribution in [0.1, 0.15) is 56.2 Å². The normalized spacial score (nSPS) is 17.2. The molecule has 2 aliphatic heterocycles. The fourth-order valence-corrected chi connectivity index (χ4v) is 7.13. The summed E-state index contributed by atoms with van der Waals surface area (Å²) in [6.45, 7) is 8.87. The summed E-state index contributed by atoms with van der Waals surface area (Å²) in [5.41, 5.74) is 10.3. The molecular weight excluding hydrogens is 576 g/mol. The molecule has 1 saturated heterocycles. The lowest BCUT2D eigenvalue weighted by Gasteiger charge is -2.33. The number of hydrogen-bond donors (Lipinski definition) is 3. The van der Waals surface area contributed by atoms with Crippen molar-refractivity contribution in [3.05, 3.63) is 58.2 Å². The molecule has 4 N–H and O–H groups in total. The zero-order valence-electron chi connectivity index (χ0n) is 24.3. The van der Waals surface area contributed by atoms with Gasteiger partial charge in [-0.05, 0) is 75.8 Å². The van der Waals surface area contributed by atoms with Crippen LogP contribution in [-0.2, 0) is 21.1 Å². The van der Waals surface area contributed by atoms with Crippen LogP contribution in [0, 0.1) is 6.92 Å². The number of piperidine rings is 1. The second-order valence-corrected chi connectivity index (χ2v) is 14.1. The number of para-hydroxylation sites is 1. The molecule has 1 amide bonds. The number of aromatic nitrogens is 2. The molecule has 10 nitrogen and oxygen atoms in total. The van der Waals surface area contributed by atoms with Crippen LogP contribution in [0.2, 0.25) is 5.02 Å². The van der Waals surface area contributed by atoms with E-state index in [9.17, 15) is 13.2 Å². The van der Waals surface area contributed by atoms with Crippen molar-refractivity contribution in [3.8, 4) is 5.75 Å². The lowest BCUT2D eigenvalue weighted by molar-refractivity contribution is -0.130. The van der Waals surface area contributed by atoms with Gasteiger partial charge in [-0.15, -0.1) is 0 Å². The number of nitrogens with zero attached hydrogens (tertiary/aromatic N) is 3. The molecule has 224 valence electrons. The van der Waals surface area contributed by atoms with Crippen LogP contribution in [-0.4, -0.2) is 60.2 Å². The Bertz CT molecular complexity index is 1610. The number of carbonyl (C=O) groups is 1. The lowest BCUT2D eigenvalue weighted by Crippen LogP contribution is -2.41. The monoisotopic (exact) mass is 612 g/mol. The van der Waals surface area contributed by atoms with E-state index in [1.807, 2.05) is 4.90 Å². The van der Waals surface area contributed by atoms with Crippen LogP contribution in [0.5, 0.6) is 5.75 Å². The topological polar surface area (TPSA) is 140 Å². The number of ether oxygens (including phenoxy) is 1. The van der Waals surface area contributed by atoms with Crippen molar-refractivity contribution in [1.29, 1.82) is 0 Å². The Morgan fingerprint density at radius 3 is 2.60 bits per heavy atom. The fraction of sp³-hybridized carbons (Fsp3) is 0.433. The number of nitrogens with two attached hydrogens (primary N) is 1. The average molecular weight is 613 g/mol.